The zero-order valence-corrected chi connectivity index (χ0v) is 22.4. The van der Waals surface area contributed by atoms with Crippen molar-refractivity contribution < 1.29 is 27.6 Å². The van der Waals surface area contributed by atoms with Crippen LogP contribution in [0.25, 0.3) is 22.5 Å². The largest absolute Gasteiger partial charge is 0.481 e. The highest BCUT2D eigenvalue weighted by Crippen LogP contribution is 2.51. The molecule has 2 N–H and O–H groups in total. The van der Waals surface area contributed by atoms with Crippen molar-refractivity contribution >= 4 is 11.7 Å². The summed E-state index contributed by atoms with van der Waals surface area (Å²) in [5.41, 5.74) is 5.26. The van der Waals surface area contributed by atoms with E-state index in [4.69, 9.17) is 4.52 Å². The number of carboxylic acids is 1. The molecule has 0 aliphatic heterocycles. The number of alkyl halides is 3. The van der Waals surface area contributed by atoms with Crippen LogP contribution >= 0.6 is 0 Å². The molecule has 1 aliphatic rings. The Morgan fingerprint density at radius 1 is 1.02 bits per heavy atom. The van der Waals surface area contributed by atoms with Crippen molar-refractivity contribution in [1.82, 2.24) is 5.16 Å². The highest BCUT2D eigenvalue weighted by Gasteiger charge is 2.45. The molecule has 5 nitrogen and oxygen atoms in total. The minimum absolute atomic E-state index is 0.0277. The third-order valence-electron chi connectivity index (χ3n) is 7.69. The minimum Gasteiger partial charge on any atom is -0.481 e. The summed E-state index contributed by atoms with van der Waals surface area (Å²) in [5.74, 6) is -0.159. The third kappa shape index (κ3) is 6.06. The Balaban J connectivity index is 1.25. The van der Waals surface area contributed by atoms with E-state index in [0.29, 0.717) is 29.9 Å². The smallest absolute Gasteiger partial charge is 0.416 e. The quantitative estimate of drug-likeness (QED) is 0.209. The SMILES string of the molecule is Cc1noc(-c2ccc(-c3ccc(C4(CC(=O)O)CC4)cc3)cc2)c1NC(C)CCc1cccc(C(F)(F)F)c1. The van der Waals surface area contributed by atoms with E-state index in [2.05, 4.69) is 10.5 Å². The fourth-order valence-electron chi connectivity index (χ4n) is 5.18. The Kier molecular flexibility index (Phi) is 7.45. The summed E-state index contributed by atoms with van der Waals surface area (Å²) in [7, 11) is 0. The Hall–Kier alpha value is -4.07. The topological polar surface area (TPSA) is 75.4 Å². The molecule has 8 heteroatoms. The molecule has 4 aromatic rings. The number of carbonyl (C=O) groups is 1. The first-order valence-electron chi connectivity index (χ1n) is 13.4. The maximum absolute atomic E-state index is 13.0. The molecule has 0 radical (unpaired) electrons. The van der Waals surface area contributed by atoms with Crippen LogP contribution in [0, 0.1) is 6.92 Å². The Labute approximate surface area is 231 Å². The first-order valence-corrected chi connectivity index (χ1v) is 13.4. The van der Waals surface area contributed by atoms with Gasteiger partial charge < -0.3 is 14.9 Å². The van der Waals surface area contributed by atoms with Crippen LogP contribution in [0.5, 0.6) is 0 Å². The van der Waals surface area contributed by atoms with Crippen LogP contribution in [0.1, 0.15) is 55.0 Å². The maximum Gasteiger partial charge on any atom is 0.416 e. The second-order valence-electron chi connectivity index (χ2n) is 10.8. The van der Waals surface area contributed by atoms with Gasteiger partial charge in [-0.15, -0.1) is 0 Å². The number of hydrogen-bond donors (Lipinski definition) is 2. The molecule has 40 heavy (non-hydrogen) atoms. The first kappa shape index (κ1) is 27.5. The molecule has 208 valence electrons. The number of anilines is 1. The number of carboxylic acid groups (broad SMARTS) is 1. The van der Waals surface area contributed by atoms with Gasteiger partial charge in [0.15, 0.2) is 5.76 Å². The predicted octanol–water partition coefficient (Wildman–Crippen LogP) is 8.28. The van der Waals surface area contributed by atoms with Crippen LogP contribution in [0.15, 0.2) is 77.3 Å². The van der Waals surface area contributed by atoms with Gasteiger partial charge in [-0.2, -0.15) is 13.2 Å². The molecular weight excluding hydrogens is 517 g/mol. The highest BCUT2D eigenvalue weighted by molar-refractivity contribution is 5.77. The van der Waals surface area contributed by atoms with E-state index in [1.807, 2.05) is 62.4 Å². The van der Waals surface area contributed by atoms with E-state index < -0.39 is 17.7 Å². The summed E-state index contributed by atoms with van der Waals surface area (Å²) in [5, 5.41) is 16.8. The lowest BCUT2D eigenvalue weighted by Crippen LogP contribution is -2.17. The number of benzene rings is 3. The summed E-state index contributed by atoms with van der Waals surface area (Å²) in [4.78, 5) is 11.2. The summed E-state index contributed by atoms with van der Waals surface area (Å²) < 4.78 is 44.8. The number of nitrogens with zero attached hydrogens (tertiary/aromatic N) is 1. The van der Waals surface area contributed by atoms with Gasteiger partial charge in [0.1, 0.15) is 11.4 Å². The zero-order chi connectivity index (χ0) is 28.5. The van der Waals surface area contributed by atoms with Crippen molar-refractivity contribution in [2.45, 2.75) is 63.6 Å². The molecule has 1 saturated carbocycles. The lowest BCUT2D eigenvalue weighted by Gasteiger charge is -2.16. The van der Waals surface area contributed by atoms with E-state index in [9.17, 15) is 23.1 Å². The molecule has 1 fully saturated rings. The van der Waals surface area contributed by atoms with Crippen LogP contribution in [-0.2, 0) is 22.8 Å². The summed E-state index contributed by atoms with van der Waals surface area (Å²) in [6, 6.07) is 21.5. The summed E-state index contributed by atoms with van der Waals surface area (Å²) >= 11 is 0. The van der Waals surface area contributed by atoms with Crippen molar-refractivity contribution in [3.8, 4) is 22.5 Å². The van der Waals surface area contributed by atoms with Gasteiger partial charge in [0.25, 0.3) is 0 Å². The van der Waals surface area contributed by atoms with Crippen LogP contribution in [0.3, 0.4) is 0 Å². The van der Waals surface area contributed by atoms with E-state index in [0.717, 1.165) is 46.8 Å². The van der Waals surface area contributed by atoms with Crippen molar-refractivity contribution in [1.29, 1.82) is 0 Å². The standard InChI is InChI=1S/C32H31F3N2O3/c1-20(6-7-22-4-3-5-27(18-22)32(33,34)35)36-29-21(2)37-40-30(29)25-10-8-23(9-11-25)24-12-14-26(15-13-24)31(16-17-31)19-28(38)39/h3-5,8-15,18,20,36H,6-7,16-17,19H2,1-2H3,(H,38,39). The highest BCUT2D eigenvalue weighted by atomic mass is 19.4. The van der Waals surface area contributed by atoms with E-state index in [-0.39, 0.29) is 17.9 Å². The summed E-state index contributed by atoms with van der Waals surface area (Å²) in [6.07, 6.45) is -1.24. The van der Waals surface area contributed by atoms with Crippen molar-refractivity contribution in [3.05, 3.63) is 95.2 Å². The van der Waals surface area contributed by atoms with Gasteiger partial charge in [-0.1, -0.05) is 71.9 Å². The van der Waals surface area contributed by atoms with Crippen molar-refractivity contribution in [3.63, 3.8) is 0 Å². The van der Waals surface area contributed by atoms with E-state index in [1.165, 1.54) is 12.1 Å². The second kappa shape index (κ2) is 10.8. The van der Waals surface area contributed by atoms with Crippen LogP contribution in [0.2, 0.25) is 0 Å². The van der Waals surface area contributed by atoms with Gasteiger partial charge in [0, 0.05) is 17.0 Å². The van der Waals surface area contributed by atoms with Crippen molar-refractivity contribution in [2.75, 3.05) is 5.32 Å². The molecule has 1 heterocycles. The molecule has 3 aromatic carbocycles. The molecule has 0 bridgehead atoms. The number of rotatable bonds is 10. The normalized spacial score (nSPS) is 15.0. The molecule has 0 saturated heterocycles. The number of hydrogen-bond acceptors (Lipinski definition) is 4. The Morgan fingerprint density at radius 2 is 1.65 bits per heavy atom. The lowest BCUT2D eigenvalue weighted by atomic mass is 9.91. The van der Waals surface area contributed by atoms with E-state index in [1.54, 1.807) is 6.07 Å². The zero-order valence-electron chi connectivity index (χ0n) is 22.4. The first-order chi connectivity index (χ1) is 19.0. The van der Waals surface area contributed by atoms with Gasteiger partial charge in [0.2, 0.25) is 0 Å². The Morgan fingerprint density at radius 3 is 2.25 bits per heavy atom. The number of nitrogens with one attached hydrogen (secondary N) is 1. The predicted molar refractivity (Wildman–Crippen MR) is 148 cm³/mol. The van der Waals surface area contributed by atoms with E-state index >= 15 is 0 Å². The maximum atomic E-state index is 13.0. The number of aryl methyl sites for hydroxylation is 2. The van der Waals surface area contributed by atoms with Crippen molar-refractivity contribution in [2.24, 2.45) is 0 Å². The number of aliphatic carboxylic acids is 1. The number of aromatic nitrogens is 1. The molecule has 1 aliphatic carbocycles. The van der Waals surface area contributed by atoms with Gasteiger partial charge in [-0.05, 0) is 67.9 Å². The fourth-order valence-corrected chi connectivity index (χ4v) is 5.18. The van der Waals surface area contributed by atoms with Crippen LogP contribution in [-0.4, -0.2) is 22.3 Å². The third-order valence-corrected chi connectivity index (χ3v) is 7.69. The van der Waals surface area contributed by atoms with Gasteiger partial charge >= 0.3 is 12.1 Å². The average Bonchev–Trinajstić information content (AvgIpc) is 3.62. The molecule has 1 atom stereocenters. The lowest BCUT2D eigenvalue weighted by molar-refractivity contribution is -0.138. The van der Waals surface area contributed by atoms with Gasteiger partial charge in [-0.3, -0.25) is 4.79 Å². The molecule has 1 unspecified atom stereocenters. The number of halogens is 3. The fraction of sp³-hybridized carbons (Fsp3) is 0.312. The van der Waals surface area contributed by atoms with Gasteiger partial charge in [-0.25, -0.2) is 0 Å². The van der Waals surface area contributed by atoms with Gasteiger partial charge in [0.05, 0.1) is 12.0 Å². The van der Waals surface area contributed by atoms with Crippen LogP contribution < -0.4 is 5.32 Å². The monoisotopic (exact) mass is 548 g/mol. The second-order valence-corrected chi connectivity index (χ2v) is 10.8. The molecule has 5 rings (SSSR count). The molecule has 0 amide bonds. The minimum atomic E-state index is -4.35. The Bertz CT molecular complexity index is 1490. The molecular formula is C32H31F3N2O3. The molecule has 0 spiro atoms. The van der Waals surface area contributed by atoms with Crippen LogP contribution in [0.4, 0.5) is 18.9 Å². The average molecular weight is 549 g/mol. The summed E-state index contributed by atoms with van der Waals surface area (Å²) in [6.45, 7) is 3.83. The molecule has 1 aromatic heterocycles.